The Balaban J connectivity index is 1.52. The van der Waals surface area contributed by atoms with Crippen molar-refractivity contribution in [2.24, 2.45) is 0 Å². The molecule has 0 saturated heterocycles. The Bertz CT molecular complexity index is 1830. The lowest BCUT2D eigenvalue weighted by Crippen LogP contribution is -2.23. The maximum atomic E-state index is 15.2. The van der Waals surface area contributed by atoms with Crippen LogP contribution in [0.25, 0.3) is 32.7 Å². The van der Waals surface area contributed by atoms with Gasteiger partial charge in [-0.1, -0.05) is 43.1 Å². The van der Waals surface area contributed by atoms with Gasteiger partial charge in [-0.2, -0.15) is 8.78 Å². The Labute approximate surface area is 231 Å². The summed E-state index contributed by atoms with van der Waals surface area (Å²) in [6, 6.07) is 7.74. The molecule has 0 fully saturated rings. The lowest BCUT2D eigenvalue weighted by Gasteiger charge is -2.21. The van der Waals surface area contributed by atoms with Crippen molar-refractivity contribution in [3.8, 4) is 16.9 Å². The van der Waals surface area contributed by atoms with Gasteiger partial charge in [0, 0.05) is 22.9 Å². The Kier molecular flexibility index (Phi) is 7.31. The van der Waals surface area contributed by atoms with Gasteiger partial charge < -0.3 is 4.74 Å². The van der Waals surface area contributed by atoms with Crippen LogP contribution in [0, 0.1) is 40.7 Å². The number of ether oxygens (including phenoxy) is 1. The van der Waals surface area contributed by atoms with Crippen LogP contribution in [-0.4, -0.2) is 0 Å². The van der Waals surface area contributed by atoms with Crippen LogP contribution >= 0.6 is 11.6 Å². The third kappa shape index (κ3) is 4.94. The van der Waals surface area contributed by atoms with E-state index in [4.69, 9.17) is 11.6 Å². The zero-order valence-corrected chi connectivity index (χ0v) is 21.6. The van der Waals surface area contributed by atoms with E-state index in [0.717, 1.165) is 30.3 Å². The van der Waals surface area contributed by atoms with E-state index < -0.39 is 74.1 Å². The number of hydrogen-bond acceptors (Lipinski definition) is 1. The highest BCUT2D eigenvalue weighted by Gasteiger charge is 2.38. The van der Waals surface area contributed by atoms with Crippen molar-refractivity contribution in [3.63, 3.8) is 0 Å². The fourth-order valence-electron chi connectivity index (χ4n) is 4.66. The van der Waals surface area contributed by atoms with Crippen molar-refractivity contribution in [3.05, 3.63) is 111 Å². The van der Waals surface area contributed by atoms with Gasteiger partial charge in [-0.25, -0.2) is 30.7 Å². The predicted molar refractivity (Wildman–Crippen MR) is 137 cm³/mol. The van der Waals surface area contributed by atoms with Gasteiger partial charge >= 0.3 is 6.11 Å². The highest BCUT2D eigenvalue weighted by Crippen LogP contribution is 2.42. The van der Waals surface area contributed by atoms with Gasteiger partial charge in [-0.05, 0) is 52.6 Å². The number of fused-ring (bicyclic) bond motifs is 2. The van der Waals surface area contributed by atoms with Crippen LogP contribution in [0.4, 0.5) is 39.5 Å². The molecule has 1 nitrogen and oxygen atoms in total. The van der Waals surface area contributed by atoms with Gasteiger partial charge in [0.15, 0.2) is 29.1 Å². The molecule has 0 spiro atoms. The average Bonchev–Trinajstić information content (AvgIpc) is 2.89. The molecule has 0 radical (unpaired) electrons. The molecule has 5 aromatic carbocycles. The maximum absolute atomic E-state index is 15.2. The Morgan fingerprint density at radius 2 is 1.39 bits per heavy atom. The normalized spacial score (nSPS) is 12.0. The molecule has 0 heterocycles. The summed E-state index contributed by atoms with van der Waals surface area (Å²) in [6.07, 6.45) is -3.64. The highest BCUT2D eigenvalue weighted by atomic mass is 35.5. The fraction of sp³-hybridized carbons (Fsp3) is 0.133. The van der Waals surface area contributed by atoms with Gasteiger partial charge in [0.05, 0.1) is 16.1 Å². The molecule has 0 bridgehead atoms. The minimum Gasteiger partial charge on any atom is -0.429 e. The monoisotopic (exact) mass is 598 g/mol. The lowest BCUT2D eigenvalue weighted by molar-refractivity contribution is -0.185. The number of rotatable bonds is 6. The van der Waals surface area contributed by atoms with Crippen LogP contribution in [-0.2, 0) is 12.5 Å². The van der Waals surface area contributed by atoms with Crippen LogP contribution in [0.1, 0.15) is 24.5 Å². The molecule has 212 valence electrons. The highest BCUT2D eigenvalue weighted by molar-refractivity contribution is 6.36. The molecular formula is C30H16ClF9O. The van der Waals surface area contributed by atoms with Crippen molar-refractivity contribution < 1.29 is 44.3 Å². The molecular weight excluding hydrogens is 583 g/mol. The maximum Gasteiger partial charge on any atom is 0.428 e. The summed E-state index contributed by atoms with van der Waals surface area (Å²) in [6.45, 7) is 1.75. The third-order valence-electron chi connectivity index (χ3n) is 6.55. The molecule has 0 N–H and O–H groups in total. The van der Waals surface area contributed by atoms with E-state index >= 15 is 8.78 Å². The van der Waals surface area contributed by atoms with E-state index in [-0.39, 0.29) is 33.7 Å². The van der Waals surface area contributed by atoms with Crippen molar-refractivity contribution >= 4 is 33.1 Å². The van der Waals surface area contributed by atoms with Crippen LogP contribution in [0.15, 0.2) is 54.6 Å². The summed E-state index contributed by atoms with van der Waals surface area (Å²) in [5, 5.41) is -1.95. The minimum absolute atomic E-state index is 0.0456. The number of aryl methyl sites for hydroxylation is 1. The second kappa shape index (κ2) is 10.5. The molecule has 0 unspecified atom stereocenters. The second-order valence-corrected chi connectivity index (χ2v) is 9.62. The van der Waals surface area contributed by atoms with Crippen LogP contribution in [0.5, 0.6) is 5.75 Å². The first-order valence-corrected chi connectivity index (χ1v) is 12.4. The van der Waals surface area contributed by atoms with Crippen LogP contribution in [0.2, 0.25) is 5.02 Å². The first kappa shape index (κ1) is 28.6. The second-order valence-electron chi connectivity index (χ2n) is 9.24. The van der Waals surface area contributed by atoms with E-state index in [1.54, 1.807) is 6.92 Å². The standard InChI is InChI=1S/C30H16ClF9O/c1-2-3-15-8-14-5-7-19(25(31)24(14)29(38)26(15)35)30(39,40)41-17-11-20(32)23(21(33)12-17)13-4-6-18-16(9-13)10-22(34)28(37)27(18)36/h4-12H,2-3H2,1H3. The first-order chi connectivity index (χ1) is 19.3. The molecule has 0 aromatic heterocycles. The molecule has 41 heavy (non-hydrogen) atoms. The molecule has 11 heteroatoms. The van der Waals surface area contributed by atoms with Crippen molar-refractivity contribution in [1.29, 1.82) is 0 Å². The van der Waals surface area contributed by atoms with Crippen molar-refractivity contribution in [1.82, 2.24) is 0 Å². The molecule has 5 aromatic rings. The molecule has 0 saturated carbocycles. The van der Waals surface area contributed by atoms with Gasteiger partial charge in [0.25, 0.3) is 0 Å². The van der Waals surface area contributed by atoms with Crippen molar-refractivity contribution in [2.75, 3.05) is 0 Å². The largest absolute Gasteiger partial charge is 0.429 e. The third-order valence-corrected chi connectivity index (χ3v) is 6.95. The first-order valence-electron chi connectivity index (χ1n) is 12.1. The zero-order chi connectivity index (χ0) is 29.8. The Morgan fingerprint density at radius 3 is 2.05 bits per heavy atom. The lowest BCUT2D eigenvalue weighted by atomic mass is 9.99. The fourth-order valence-corrected chi connectivity index (χ4v) is 5.03. The van der Waals surface area contributed by atoms with E-state index in [2.05, 4.69) is 4.74 Å². The molecule has 0 aliphatic rings. The zero-order valence-electron chi connectivity index (χ0n) is 20.8. The minimum atomic E-state index is -4.35. The topological polar surface area (TPSA) is 9.23 Å². The van der Waals surface area contributed by atoms with Crippen LogP contribution in [0.3, 0.4) is 0 Å². The predicted octanol–water partition coefficient (Wildman–Crippen LogP) is 10.4. The summed E-state index contributed by atoms with van der Waals surface area (Å²) in [7, 11) is 0. The summed E-state index contributed by atoms with van der Waals surface area (Å²) in [4.78, 5) is 0. The van der Waals surface area contributed by atoms with Crippen molar-refractivity contribution in [2.45, 2.75) is 25.9 Å². The molecule has 0 atom stereocenters. The van der Waals surface area contributed by atoms with E-state index in [1.807, 2.05) is 0 Å². The number of benzene rings is 5. The van der Waals surface area contributed by atoms with E-state index in [9.17, 15) is 30.7 Å². The van der Waals surface area contributed by atoms with Gasteiger partial charge in [-0.15, -0.1) is 0 Å². The molecule has 0 amide bonds. The summed E-state index contributed by atoms with van der Waals surface area (Å²) < 4.78 is 135. The Morgan fingerprint density at radius 1 is 0.707 bits per heavy atom. The number of hydrogen-bond donors (Lipinski definition) is 0. The van der Waals surface area contributed by atoms with Gasteiger partial charge in [-0.3, -0.25) is 0 Å². The quantitative estimate of drug-likeness (QED) is 0.140. The SMILES string of the molecule is CCCc1cc2ccc(C(F)(F)Oc3cc(F)c(-c4ccc5c(F)c(F)c(F)cc5c4)c(F)c3)c(Cl)c2c(F)c1F. The average molecular weight is 599 g/mol. The Hall–Kier alpha value is -3.92. The summed E-state index contributed by atoms with van der Waals surface area (Å²) in [5.41, 5.74) is -2.00. The van der Waals surface area contributed by atoms with Gasteiger partial charge in [0.1, 0.15) is 17.4 Å². The molecule has 0 aliphatic heterocycles. The van der Waals surface area contributed by atoms with E-state index in [1.165, 1.54) is 6.07 Å². The number of halogens is 10. The number of alkyl halides is 2. The molecule has 5 rings (SSSR count). The van der Waals surface area contributed by atoms with Gasteiger partial charge in [0.2, 0.25) is 0 Å². The smallest absolute Gasteiger partial charge is 0.428 e. The van der Waals surface area contributed by atoms with Crippen LogP contribution < -0.4 is 4.74 Å². The summed E-state index contributed by atoms with van der Waals surface area (Å²) >= 11 is 6.05. The molecule has 0 aliphatic carbocycles. The van der Waals surface area contributed by atoms with E-state index in [0.29, 0.717) is 24.6 Å². The summed E-state index contributed by atoms with van der Waals surface area (Å²) in [5.74, 6) is -11.1.